The zero-order valence-corrected chi connectivity index (χ0v) is 28.1. The largest absolute Gasteiger partial charge is 0.309 e. The lowest BCUT2D eigenvalue weighted by atomic mass is 10.0. The smallest absolute Gasteiger partial charge is 0.235 e. The molecule has 0 atom stereocenters. The summed E-state index contributed by atoms with van der Waals surface area (Å²) in [5.41, 5.74) is 10.9. The van der Waals surface area contributed by atoms with E-state index in [1.54, 1.807) is 0 Å². The van der Waals surface area contributed by atoms with Crippen molar-refractivity contribution < 1.29 is 0 Å². The molecular formula is C48H30N4. The Morgan fingerprint density at radius 3 is 1.79 bits per heavy atom. The number of nitrogens with zero attached hydrogens (tertiary/aromatic N) is 4. The van der Waals surface area contributed by atoms with Crippen LogP contribution in [0, 0.1) is 0 Å². The lowest BCUT2D eigenvalue weighted by molar-refractivity contribution is 1.02. The highest BCUT2D eigenvalue weighted by Crippen LogP contribution is 2.43. The van der Waals surface area contributed by atoms with Crippen LogP contribution in [0.15, 0.2) is 182 Å². The summed E-state index contributed by atoms with van der Waals surface area (Å²) >= 11 is 0. The molecule has 0 aliphatic carbocycles. The molecule has 3 heterocycles. The van der Waals surface area contributed by atoms with Crippen molar-refractivity contribution in [2.75, 3.05) is 0 Å². The van der Waals surface area contributed by atoms with E-state index in [0.717, 1.165) is 49.9 Å². The van der Waals surface area contributed by atoms with Gasteiger partial charge in [-0.2, -0.15) is 0 Å². The number of hydrogen-bond donors (Lipinski definition) is 0. The minimum atomic E-state index is 0.654. The van der Waals surface area contributed by atoms with E-state index >= 15 is 0 Å². The Morgan fingerprint density at radius 1 is 0.346 bits per heavy atom. The highest BCUT2D eigenvalue weighted by atomic mass is 15.2. The van der Waals surface area contributed by atoms with Crippen molar-refractivity contribution in [3.05, 3.63) is 182 Å². The summed E-state index contributed by atoms with van der Waals surface area (Å²) in [6.07, 6.45) is 0. The van der Waals surface area contributed by atoms with Crippen LogP contribution in [0.2, 0.25) is 0 Å². The lowest BCUT2D eigenvalue weighted by Crippen LogP contribution is -2.03. The number of rotatable bonds is 4. The normalized spacial score (nSPS) is 11.8. The Kier molecular flexibility index (Phi) is 6.22. The average Bonchev–Trinajstić information content (AvgIpc) is 3.73. The molecule has 0 radical (unpaired) electrons. The molecule has 0 aliphatic rings. The van der Waals surface area contributed by atoms with Crippen LogP contribution in [0.4, 0.5) is 0 Å². The molecule has 8 aromatic carbocycles. The van der Waals surface area contributed by atoms with Crippen molar-refractivity contribution in [2.45, 2.75) is 0 Å². The molecule has 4 nitrogen and oxygen atoms in total. The van der Waals surface area contributed by atoms with Crippen LogP contribution in [0.3, 0.4) is 0 Å². The second-order valence-electron chi connectivity index (χ2n) is 13.4. The Morgan fingerprint density at radius 2 is 0.962 bits per heavy atom. The monoisotopic (exact) mass is 662 g/mol. The number of fused-ring (bicyclic) bond motifs is 9. The molecule has 0 fully saturated rings. The van der Waals surface area contributed by atoms with Gasteiger partial charge in [0.2, 0.25) is 5.95 Å². The van der Waals surface area contributed by atoms with Gasteiger partial charge in [0.15, 0.2) is 0 Å². The fourth-order valence-electron chi connectivity index (χ4n) is 8.21. The van der Waals surface area contributed by atoms with Crippen LogP contribution in [0.1, 0.15) is 0 Å². The summed E-state index contributed by atoms with van der Waals surface area (Å²) < 4.78 is 4.72. The summed E-state index contributed by atoms with van der Waals surface area (Å²) in [5, 5.41) is 8.18. The number of hydrogen-bond acceptors (Lipinski definition) is 2. The summed E-state index contributed by atoms with van der Waals surface area (Å²) in [6, 6.07) is 64.8. The van der Waals surface area contributed by atoms with E-state index < -0.39 is 0 Å². The van der Waals surface area contributed by atoms with E-state index in [2.05, 4.69) is 191 Å². The predicted molar refractivity (Wildman–Crippen MR) is 217 cm³/mol. The van der Waals surface area contributed by atoms with Gasteiger partial charge in [-0.25, -0.2) is 9.97 Å². The quantitative estimate of drug-likeness (QED) is 0.188. The first-order valence-electron chi connectivity index (χ1n) is 17.7. The number of para-hydroxylation sites is 3. The highest BCUT2D eigenvalue weighted by Gasteiger charge is 2.23. The molecule has 0 saturated heterocycles. The highest BCUT2D eigenvalue weighted by molar-refractivity contribution is 6.26. The van der Waals surface area contributed by atoms with Gasteiger partial charge in [-0.15, -0.1) is 0 Å². The lowest BCUT2D eigenvalue weighted by Gasteiger charge is -2.13. The van der Waals surface area contributed by atoms with E-state index in [0.29, 0.717) is 5.95 Å². The van der Waals surface area contributed by atoms with Crippen molar-refractivity contribution in [3.63, 3.8) is 0 Å². The van der Waals surface area contributed by atoms with Gasteiger partial charge < -0.3 is 4.57 Å². The van der Waals surface area contributed by atoms with Crippen LogP contribution in [0.25, 0.3) is 99.3 Å². The number of aromatic nitrogens is 4. The van der Waals surface area contributed by atoms with Gasteiger partial charge in [-0.3, -0.25) is 4.57 Å². The minimum absolute atomic E-state index is 0.654. The first-order valence-corrected chi connectivity index (χ1v) is 17.7. The summed E-state index contributed by atoms with van der Waals surface area (Å²) in [7, 11) is 0. The van der Waals surface area contributed by atoms with E-state index in [1.807, 2.05) is 0 Å². The third-order valence-corrected chi connectivity index (χ3v) is 10.5. The zero-order valence-electron chi connectivity index (χ0n) is 28.1. The molecule has 0 aliphatic heterocycles. The summed E-state index contributed by atoms with van der Waals surface area (Å²) in [6.45, 7) is 0. The summed E-state index contributed by atoms with van der Waals surface area (Å²) in [4.78, 5) is 10.8. The third kappa shape index (κ3) is 4.21. The molecule has 0 unspecified atom stereocenters. The molecule has 4 heteroatoms. The Bertz CT molecular complexity index is 3160. The van der Waals surface area contributed by atoms with E-state index in [-0.39, 0.29) is 0 Å². The van der Waals surface area contributed by atoms with Crippen molar-refractivity contribution in [3.8, 4) is 34.0 Å². The molecular weight excluding hydrogens is 633 g/mol. The van der Waals surface area contributed by atoms with Gasteiger partial charge in [-0.05, 0) is 46.8 Å². The van der Waals surface area contributed by atoms with Gasteiger partial charge in [0, 0.05) is 37.9 Å². The van der Waals surface area contributed by atoms with Gasteiger partial charge in [0.25, 0.3) is 0 Å². The molecule has 52 heavy (non-hydrogen) atoms. The molecule has 0 amide bonds. The van der Waals surface area contributed by atoms with Crippen LogP contribution < -0.4 is 0 Å². The van der Waals surface area contributed by atoms with E-state index in [1.165, 1.54) is 43.4 Å². The third-order valence-electron chi connectivity index (χ3n) is 10.5. The molecule has 11 rings (SSSR count). The standard InChI is InChI=1S/C48H30N4/c1-2-13-31(14-3-1)32-25-27-34(28-26-32)46-38-19-6-9-21-40(38)49-48(50-46)52-42-22-10-7-18-36(42)37-29-30-44-45(47(37)52)39-20-8-11-23-43(39)51(44)41-24-12-16-33-15-4-5-17-35(33)41/h1-30H. The van der Waals surface area contributed by atoms with Crippen LogP contribution in [-0.4, -0.2) is 19.1 Å². The van der Waals surface area contributed by atoms with Gasteiger partial charge >= 0.3 is 0 Å². The van der Waals surface area contributed by atoms with Crippen molar-refractivity contribution in [1.29, 1.82) is 0 Å². The Balaban J connectivity index is 1.24. The molecule has 0 saturated carbocycles. The maximum Gasteiger partial charge on any atom is 0.235 e. The first-order chi connectivity index (χ1) is 25.8. The fraction of sp³-hybridized carbons (Fsp3) is 0. The molecule has 11 aromatic rings. The Hall–Kier alpha value is -7.04. The SMILES string of the molecule is c1ccc(-c2ccc(-c3nc(-n4c5ccccc5c5ccc6c(c7ccccc7n6-c6cccc7ccccc67)c54)nc4ccccc34)cc2)cc1. The van der Waals surface area contributed by atoms with Crippen LogP contribution in [0.5, 0.6) is 0 Å². The summed E-state index contributed by atoms with van der Waals surface area (Å²) in [5.74, 6) is 0.654. The molecule has 0 spiro atoms. The van der Waals surface area contributed by atoms with Crippen LogP contribution in [-0.2, 0) is 0 Å². The van der Waals surface area contributed by atoms with Crippen molar-refractivity contribution in [2.24, 2.45) is 0 Å². The van der Waals surface area contributed by atoms with Crippen molar-refractivity contribution in [1.82, 2.24) is 19.1 Å². The topological polar surface area (TPSA) is 35.6 Å². The maximum absolute atomic E-state index is 5.45. The molecule has 0 bridgehead atoms. The predicted octanol–water partition coefficient (Wildman–Crippen LogP) is 12.3. The second-order valence-corrected chi connectivity index (χ2v) is 13.4. The second kappa shape index (κ2) is 11.2. The average molecular weight is 663 g/mol. The fourth-order valence-corrected chi connectivity index (χ4v) is 8.21. The van der Waals surface area contributed by atoms with Gasteiger partial charge in [0.05, 0.1) is 39.0 Å². The molecule has 0 N–H and O–H groups in total. The minimum Gasteiger partial charge on any atom is -0.309 e. The Labute approximate surface area is 299 Å². The maximum atomic E-state index is 5.45. The first kappa shape index (κ1) is 28.8. The van der Waals surface area contributed by atoms with E-state index in [9.17, 15) is 0 Å². The van der Waals surface area contributed by atoms with E-state index in [4.69, 9.17) is 9.97 Å². The molecule has 3 aromatic heterocycles. The van der Waals surface area contributed by atoms with Crippen LogP contribution >= 0.6 is 0 Å². The van der Waals surface area contributed by atoms with Gasteiger partial charge in [-0.1, -0.05) is 152 Å². The molecule has 242 valence electrons. The van der Waals surface area contributed by atoms with Crippen molar-refractivity contribution >= 4 is 65.3 Å². The number of benzene rings is 8. The van der Waals surface area contributed by atoms with Gasteiger partial charge in [0.1, 0.15) is 0 Å². The zero-order chi connectivity index (χ0) is 34.2.